The van der Waals surface area contributed by atoms with Crippen LogP contribution in [0.15, 0.2) is 71.6 Å². The molecule has 4 rings (SSSR count). The first kappa shape index (κ1) is 18.9. The number of esters is 1. The van der Waals surface area contributed by atoms with Crippen molar-refractivity contribution in [2.45, 2.75) is 45.6 Å². The minimum absolute atomic E-state index is 0.0549. The van der Waals surface area contributed by atoms with Gasteiger partial charge in [-0.2, -0.15) is 0 Å². The Kier molecular flexibility index (Phi) is 5.11. The summed E-state index contributed by atoms with van der Waals surface area (Å²) < 4.78 is 7.31. The number of rotatable bonds is 4. The van der Waals surface area contributed by atoms with E-state index in [2.05, 4.69) is 60.8 Å². The second-order valence-electron chi connectivity index (χ2n) is 8.13. The Morgan fingerprint density at radius 1 is 1.07 bits per heavy atom. The van der Waals surface area contributed by atoms with Crippen molar-refractivity contribution in [1.82, 2.24) is 0 Å². The fourth-order valence-electron chi connectivity index (χ4n) is 4.26. The van der Waals surface area contributed by atoms with Gasteiger partial charge in [-0.1, -0.05) is 23.8 Å². The molecule has 2 aromatic carbocycles. The average Bonchev–Trinajstić information content (AvgIpc) is 3.12. The molecule has 144 valence electrons. The number of hydrogen-bond donors (Lipinski definition) is 0. The topological polar surface area (TPSA) is 26.3 Å². The van der Waals surface area contributed by atoms with E-state index in [1.54, 1.807) is 0 Å². The van der Waals surface area contributed by atoms with E-state index >= 15 is 0 Å². The maximum absolute atomic E-state index is 12.8. The first-order chi connectivity index (χ1) is 13.5. The van der Waals surface area contributed by atoms with E-state index in [4.69, 9.17) is 4.74 Å². The lowest BCUT2D eigenvalue weighted by Crippen LogP contribution is -2.38. The third kappa shape index (κ3) is 3.64. The van der Waals surface area contributed by atoms with Gasteiger partial charge in [0.25, 0.3) is 0 Å². The SMILES string of the molecule is CC1=CCCCC1C(C)(C)OC(=O)c1ccc(-[s+]2ccc3ccccc32)cc1. The highest BCUT2D eigenvalue weighted by Crippen LogP contribution is 2.40. The maximum atomic E-state index is 12.8. The summed E-state index contributed by atoms with van der Waals surface area (Å²) >= 11 is 0. The van der Waals surface area contributed by atoms with Crippen LogP contribution in [0.25, 0.3) is 15.0 Å². The van der Waals surface area contributed by atoms with Crippen molar-refractivity contribution in [3.63, 3.8) is 0 Å². The summed E-state index contributed by atoms with van der Waals surface area (Å²) in [7, 11) is -0.0549. The lowest BCUT2D eigenvalue weighted by atomic mass is 9.78. The molecule has 2 unspecified atom stereocenters. The molecule has 0 saturated carbocycles. The Labute approximate surface area is 169 Å². The second kappa shape index (κ2) is 7.56. The number of ether oxygens (including phenoxy) is 1. The third-order valence-corrected chi connectivity index (χ3v) is 7.83. The zero-order chi connectivity index (χ0) is 19.7. The van der Waals surface area contributed by atoms with E-state index in [1.165, 1.54) is 20.6 Å². The lowest BCUT2D eigenvalue weighted by Gasteiger charge is -2.36. The van der Waals surface area contributed by atoms with Crippen molar-refractivity contribution in [2.75, 3.05) is 0 Å². The monoisotopic (exact) mass is 391 g/mol. The second-order valence-corrected chi connectivity index (χ2v) is 9.99. The number of carbonyl (C=O) groups excluding carboxylic acids is 1. The number of benzene rings is 2. The van der Waals surface area contributed by atoms with Gasteiger partial charge in [0.05, 0.1) is 5.56 Å². The molecule has 1 heterocycles. The number of hydrogen-bond acceptors (Lipinski definition) is 2. The Bertz CT molecular complexity index is 1020. The largest absolute Gasteiger partial charge is 0.455 e. The van der Waals surface area contributed by atoms with Gasteiger partial charge in [-0.3, -0.25) is 0 Å². The van der Waals surface area contributed by atoms with Gasteiger partial charge < -0.3 is 4.74 Å². The molecule has 0 amide bonds. The molecule has 3 aromatic rings. The predicted molar refractivity (Wildman–Crippen MR) is 118 cm³/mol. The number of fused-ring (bicyclic) bond motifs is 1. The van der Waals surface area contributed by atoms with Crippen molar-refractivity contribution in [1.29, 1.82) is 0 Å². The summed E-state index contributed by atoms with van der Waals surface area (Å²) in [4.78, 5) is 14.0. The van der Waals surface area contributed by atoms with Gasteiger partial charge in [-0.25, -0.2) is 4.79 Å². The highest BCUT2D eigenvalue weighted by molar-refractivity contribution is 7.43. The Morgan fingerprint density at radius 2 is 1.82 bits per heavy atom. The van der Waals surface area contributed by atoms with Crippen LogP contribution in [0.4, 0.5) is 0 Å². The molecule has 0 bridgehead atoms. The normalized spacial score (nSPS) is 18.0. The van der Waals surface area contributed by atoms with Gasteiger partial charge in [0.1, 0.15) is 11.0 Å². The molecule has 1 aliphatic rings. The number of thiophene rings is 1. The highest BCUT2D eigenvalue weighted by Gasteiger charge is 2.35. The zero-order valence-electron chi connectivity index (χ0n) is 16.8. The van der Waals surface area contributed by atoms with Crippen molar-refractivity contribution in [2.24, 2.45) is 5.92 Å². The molecule has 3 heteroatoms. The molecule has 28 heavy (non-hydrogen) atoms. The fourth-order valence-corrected chi connectivity index (χ4v) is 6.15. The van der Waals surface area contributed by atoms with Crippen LogP contribution in [-0.4, -0.2) is 11.6 Å². The van der Waals surface area contributed by atoms with Gasteiger partial charge in [-0.15, -0.1) is 0 Å². The van der Waals surface area contributed by atoms with Gasteiger partial charge in [-0.05, 0) is 76.4 Å². The Morgan fingerprint density at radius 3 is 2.57 bits per heavy atom. The molecule has 0 saturated heterocycles. The molecular weight excluding hydrogens is 364 g/mol. The molecule has 0 aliphatic heterocycles. The molecule has 0 N–H and O–H groups in total. The van der Waals surface area contributed by atoms with E-state index < -0.39 is 5.60 Å². The minimum Gasteiger partial charge on any atom is -0.455 e. The maximum Gasteiger partial charge on any atom is 0.338 e. The third-order valence-electron chi connectivity index (χ3n) is 5.79. The molecule has 2 atom stereocenters. The van der Waals surface area contributed by atoms with Gasteiger partial charge >= 0.3 is 5.97 Å². The van der Waals surface area contributed by atoms with Crippen LogP contribution in [0.2, 0.25) is 0 Å². The standard InChI is InChI=1S/C25H27O2S/c1-18-8-4-6-10-22(18)25(2,3)27-24(26)20-12-14-21(15-13-20)28-17-16-19-9-5-7-11-23(19)28/h5,7-9,11-17,22H,4,6,10H2,1-3H3/q+1. The van der Waals surface area contributed by atoms with Crippen LogP contribution >= 0.6 is 10.5 Å². The summed E-state index contributed by atoms with van der Waals surface area (Å²) in [6, 6.07) is 18.6. The Balaban J connectivity index is 1.53. The quantitative estimate of drug-likeness (QED) is 0.266. The van der Waals surface area contributed by atoms with E-state index in [9.17, 15) is 4.79 Å². The van der Waals surface area contributed by atoms with Crippen LogP contribution in [0.1, 0.15) is 50.4 Å². The van der Waals surface area contributed by atoms with E-state index in [1.807, 2.05) is 26.0 Å². The number of allylic oxidation sites excluding steroid dienone is 1. The summed E-state index contributed by atoms with van der Waals surface area (Å²) in [5, 5.41) is 3.53. The van der Waals surface area contributed by atoms with Crippen molar-refractivity contribution in [3.8, 4) is 4.90 Å². The van der Waals surface area contributed by atoms with E-state index in [0.29, 0.717) is 11.5 Å². The average molecular weight is 392 g/mol. The molecular formula is C25H27O2S+. The van der Waals surface area contributed by atoms with E-state index in [-0.39, 0.29) is 16.4 Å². The highest BCUT2D eigenvalue weighted by atomic mass is 32.2. The van der Waals surface area contributed by atoms with Crippen molar-refractivity contribution >= 4 is 26.5 Å². The fraction of sp³-hybridized carbons (Fsp3) is 0.320. The minimum atomic E-state index is -0.494. The van der Waals surface area contributed by atoms with Crippen LogP contribution < -0.4 is 0 Å². The molecule has 0 fully saturated rings. The van der Waals surface area contributed by atoms with Crippen molar-refractivity contribution in [3.05, 3.63) is 77.2 Å². The summed E-state index contributed by atoms with van der Waals surface area (Å²) in [6.07, 6.45) is 5.66. The molecule has 1 aliphatic carbocycles. The summed E-state index contributed by atoms with van der Waals surface area (Å²) in [5.74, 6) is 0.0618. The van der Waals surface area contributed by atoms with Crippen LogP contribution in [0, 0.1) is 5.92 Å². The van der Waals surface area contributed by atoms with Crippen LogP contribution in [-0.2, 0) is 4.74 Å². The van der Waals surface area contributed by atoms with Gasteiger partial charge in [0.2, 0.25) is 0 Å². The van der Waals surface area contributed by atoms with Crippen LogP contribution in [0.5, 0.6) is 0 Å². The number of carbonyl (C=O) groups is 1. The predicted octanol–water partition coefficient (Wildman–Crippen LogP) is 7.26. The van der Waals surface area contributed by atoms with Gasteiger partial charge in [0.15, 0.2) is 9.60 Å². The first-order valence-corrected chi connectivity index (χ1v) is 11.2. The summed E-state index contributed by atoms with van der Waals surface area (Å²) in [5.41, 5.74) is 1.47. The van der Waals surface area contributed by atoms with E-state index in [0.717, 1.165) is 19.3 Å². The van der Waals surface area contributed by atoms with Crippen LogP contribution in [0.3, 0.4) is 0 Å². The first-order valence-electron chi connectivity index (χ1n) is 9.96. The van der Waals surface area contributed by atoms with Gasteiger partial charge in [0, 0.05) is 27.8 Å². The molecule has 1 aromatic heterocycles. The molecule has 0 radical (unpaired) electrons. The summed E-state index contributed by atoms with van der Waals surface area (Å²) in [6.45, 7) is 6.23. The smallest absolute Gasteiger partial charge is 0.338 e. The lowest BCUT2D eigenvalue weighted by molar-refractivity contribution is -0.0249. The molecule has 0 spiro atoms. The van der Waals surface area contributed by atoms with Crippen molar-refractivity contribution < 1.29 is 9.53 Å². The zero-order valence-corrected chi connectivity index (χ0v) is 17.6. The Hall–Kier alpha value is -2.39. The molecule has 2 nitrogen and oxygen atoms in total.